The van der Waals surface area contributed by atoms with E-state index in [-0.39, 0.29) is 11.8 Å². The summed E-state index contributed by atoms with van der Waals surface area (Å²) >= 11 is 0. The van der Waals surface area contributed by atoms with E-state index in [1.807, 2.05) is 6.92 Å². The molecular formula is C11H23NO2. The van der Waals surface area contributed by atoms with Gasteiger partial charge in [0.2, 0.25) is 5.91 Å². The van der Waals surface area contributed by atoms with Gasteiger partial charge in [-0.05, 0) is 19.8 Å². The molecule has 2 atom stereocenters. The van der Waals surface area contributed by atoms with Crippen LogP contribution in [-0.4, -0.2) is 23.7 Å². The molecule has 0 aliphatic carbocycles. The molecule has 1 unspecified atom stereocenters. The molecule has 14 heavy (non-hydrogen) atoms. The van der Waals surface area contributed by atoms with Crippen molar-refractivity contribution < 1.29 is 9.90 Å². The summed E-state index contributed by atoms with van der Waals surface area (Å²) in [7, 11) is 0. The quantitative estimate of drug-likeness (QED) is 0.658. The molecule has 0 fully saturated rings. The fourth-order valence-electron chi connectivity index (χ4n) is 1.36. The maximum atomic E-state index is 11.6. The van der Waals surface area contributed by atoms with Crippen molar-refractivity contribution in [3.8, 4) is 0 Å². The van der Waals surface area contributed by atoms with Crippen molar-refractivity contribution in [1.82, 2.24) is 5.32 Å². The van der Waals surface area contributed by atoms with Gasteiger partial charge in [0.05, 0.1) is 6.10 Å². The first-order chi connectivity index (χ1) is 6.61. The highest BCUT2D eigenvalue weighted by Crippen LogP contribution is 2.12. The van der Waals surface area contributed by atoms with Crippen LogP contribution < -0.4 is 5.32 Å². The monoisotopic (exact) mass is 201 g/mol. The number of hydrogen-bond donors (Lipinski definition) is 2. The lowest BCUT2D eigenvalue weighted by Gasteiger charge is -2.15. The van der Waals surface area contributed by atoms with Gasteiger partial charge in [-0.1, -0.05) is 26.7 Å². The van der Waals surface area contributed by atoms with Crippen molar-refractivity contribution in [3.05, 3.63) is 0 Å². The van der Waals surface area contributed by atoms with E-state index in [9.17, 15) is 4.79 Å². The molecule has 0 aromatic heterocycles. The topological polar surface area (TPSA) is 49.3 Å². The number of aliphatic hydroxyl groups is 1. The number of unbranched alkanes of at least 4 members (excludes halogenated alkanes) is 1. The summed E-state index contributed by atoms with van der Waals surface area (Å²) in [5.74, 6) is 0.204. The van der Waals surface area contributed by atoms with E-state index < -0.39 is 6.10 Å². The van der Waals surface area contributed by atoms with Crippen LogP contribution in [-0.2, 0) is 4.79 Å². The molecule has 0 spiro atoms. The Morgan fingerprint density at radius 3 is 2.50 bits per heavy atom. The lowest BCUT2D eigenvalue weighted by atomic mass is 9.98. The minimum absolute atomic E-state index is 0.0850. The second kappa shape index (κ2) is 7.80. The molecule has 3 nitrogen and oxygen atoms in total. The maximum absolute atomic E-state index is 11.6. The molecule has 3 heteroatoms. The van der Waals surface area contributed by atoms with Crippen molar-refractivity contribution in [2.75, 3.05) is 6.54 Å². The number of rotatable bonds is 7. The third-order valence-electron chi connectivity index (χ3n) is 2.34. The van der Waals surface area contributed by atoms with Crippen LogP contribution in [0.3, 0.4) is 0 Å². The van der Waals surface area contributed by atoms with Gasteiger partial charge in [0, 0.05) is 12.5 Å². The van der Waals surface area contributed by atoms with Gasteiger partial charge in [-0.2, -0.15) is 0 Å². The van der Waals surface area contributed by atoms with Gasteiger partial charge in [0.1, 0.15) is 0 Å². The van der Waals surface area contributed by atoms with Crippen LogP contribution in [0.25, 0.3) is 0 Å². The Bertz CT molecular complexity index is 157. The second-order valence-electron chi connectivity index (χ2n) is 3.84. The van der Waals surface area contributed by atoms with Gasteiger partial charge in [0.15, 0.2) is 0 Å². The number of nitrogens with one attached hydrogen (secondary N) is 1. The predicted octanol–water partition coefficient (Wildman–Crippen LogP) is 1.70. The molecule has 0 heterocycles. The van der Waals surface area contributed by atoms with Crippen molar-refractivity contribution in [2.24, 2.45) is 5.92 Å². The Labute approximate surface area is 86.9 Å². The van der Waals surface area contributed by atoms with Crippen LogP contribution in [0, 0.1) is 5.92 Å². The largest absolute Gasteiger partial charge is 0.392 e. The zero-order valence-corrected chi connectivity index (χ0v) is 9.55. The van der Waals surface area contributed by atoms with E-state index in [0.717, 1.165) is 25.7 Å². The summed E-state index contributed by atoms with van der Waals surface area (Å²) in [4.78, 5) is 11.6. The minimum Gasteiger partial charge on any atom is -0.392 e. The molecule has 0 aliphatic heterocycles. The van der Waals surface area contributed by atoms with Gasteiger partial charge < -0.3 is 10.4 Å². The summed E-state index contributed by atoms with van der Waals surface area (Å²) in [6.45, 7) is 6.19. The van der Waals surface area contributed by atoms with E-state index in [0.29, 0.717) is 6.54 Å². The summed E-state index contributed by atoms with van der Waals surface area (Å²) in [5, 5.41) is 11.8. The first-order valence-corrected chi connectivity index (χ1v) is 5.57. The molecule has 0 bridgehead atoms. The summed E-state index contributed by atoms with van der Waals surface area (Å²) in [5.41, 5.74) is 0. The Hall–Kier alpha value is -0.570. The molecule has 0 aliphatic rings. The molecule has 0 aromatic rings. The molecule has 0 radical (unpaired) electrons. The van der Waals surface area contributed by atoms with E-state index in [1.165, 1.54) is 0 Å². The summed E-state index contributed by atoms with van der Waals surface area (Å²) in [6, 6.07) is 0. The standard InChI is InChI=1S/C11H23NO2/c1-4-6-7-10(5-2)11(14)12-8-9(3)13/h9-10,13H,4-8H2,1-3H3,(H,12,14)/t9-,10?/m1/s1. The average molecular weight is 201 g/mol. The van der Waals surface area contributed by atoms with Crippen LogP contribution in [0.5, 0.6) is 0 Å². The molecule has 84 valence electrons. The lowest BCUT2D eigenvalue weighted by molar-refractivity contribution is -0.125. The number of amides is 1. The van der Waals surface area contributed by atoms with E-state index in [4.69, 9.17) is 5.11 Å². The number of carbonyl (C=O) groups is 1. The Morgan fingerprint density at radius 1 is 1.43 bits per heavy atom. The predicted molar refractivity (Wildman–Crippen MR) is 58.0 cm³/mol. The average Bonchev–Trinajstić information content (AvgIpc) is 2.16. The van der Waals surface area contributed by atoms with Gasteiger partial charge in [-0.25, -0.2) is 0 Å². The normalized spacial score (nSPS) is 14.9. The lowest BCUT2D eigenvalue weighted by Crippen LogP contribution is -2.35. The zero-order valence-electron chi connectivity index (χ0n) is 9.55. The molecule has 0 aromatic carbocycles. The Balaban J connectivity index is 3.79. The van der Waals surface area contributed by atoms with Gasteiger partial charge in [-0.15, -0.1) is 0 Å². The molecule has 0 saturated heterocycles. The number of hydrogen-bond acceptors (Lipinski definition) is 2. The number of carbonyl (C=O) groups excluding carboxylic acids is 1. The van der Waals surface area contributed by atoms with Crippen LogP contribution in [0.15, 0.2) is 0 Å². The maximum Gasteiger partial charge on any atom is 0.223 e. The smallest absolute Gasteiger partial charge is 0.223 e. The molecule has 0 saturated carbocycles. The molecule has 0 rings (SSSR count). The van der Waals surface area contributed by atoms with Crippen molar-refractivity contribution in [2.45, 2.75) is 52.6 Å². The van der Waals surface area contributed by atoms with E-state index in [1.54, 1.807) is 6.92 Å². The van der Waals surface area contributed by atoms with Crippen LogP contribution >= 0.6 is 0 Å². The SMILES string of the molecule is CCCCC(CC)C(=O)NC[C@@H](C)O. The fourth-order valence-corrected chi connectivity index (χ4v) is 1.36. The highest BCUT2D eigenvalue weighted by molar-refractivity contribution is 5.78. The first kappa shape index (κ1) is 13.4. The van der Waals surface area contributed by atoms with Crippen molar-refractivity contribution in [3.63, 3.8) is 0 Å². The van der Waals surface area contributed by atoms with Crippen molar-refractivity contribution in [1.29, 1.82) is 0 Å². The Morgan fingerprint density at radius 2 is 2.07 bits per heavy atom. The molecule has 1 amide bonds. The summed E-state index contributed by atoms with van der Waals surface area (Å²) in [6.07, 6.45) is 3.60. The summed E-state index contributed by atoms with van der Waals surface area (Å²) < 4.78 is 0. The third kappa shape index (κ3) is 5.97. The molecular weight excluding hydrogens is 178 g/mol. The highest BCUT2D eigenvalue weighted by atomic mass is 16.3. The Kier molecular flexibility index (Phi) is 7.48. The second-order valence-corrected chi connectivity index (χ2v) is 3.84. The number of aliphatic hydroxyl groups excluding tert-OH is 1. The van der Waals surface area contributed by atoms with Crippen molar-refractivity contribution >= 4 is 5.91 Å². The minimum atomic E-state index is -0.456. The van der Waals surface area contributed by atoms with Gasteiger partial charge in [-0.3, -0.25) is 4.79 Å². The third-order valence-corrected chi connectivity index (χ3v) is 2.34. The zero-order chi connectivity index (χ0) is 11.0. The van der Waals surface area contributed by atoms with E-state index in [2.05, 4.69) is 12.2 Å². The van der Waals surface area contributed by atoms with Gasteiger partial charge in [0.25, 0.3) is 0 Å². The van der Waals surface area contributed by atoms with Crippen LogP contribution in [0.2, 0.25) is 0 Å². The first-order valence-electron chi connectivity index (χ1n) is 5.57. The molecule has 2 N–H and O–H groups in total. The van der Waals surface area contributed by atoms with Crippen LogP contribution in [0.4, 0.5) is 0 Å². The van der Waals surface area contributed by atoms with E-state index >= 15 is 0 Å². The fraction of sp³-hybridized carbons (Fsp3) is 0.909. The van der Waals surface area contributed by atoms with Crippen LogP contribution in [0.1, 0.15) is 46.5 Å². The van der Waals surface area contributed by atoms with Gasteiger partial charge >= 0.3 is 0 Å². The highest BCUT2D eigenvalue weighted by Gasteiger charge is 2.15.